The van der Waals surface area contributed by atoms with E-state index < -0.39 is 0 Å². The lowest BCUT2D eigenvalue weighted by molar-refractivity contribution is 0.910. The summed E-state index contributed by atoms with van der Waals surface area (Å²) >= 11 is 3.40. The Hall–Kier alpha value is -1.89. The van der Waals surface area contributed by atoms with E-state index in [1.54, 1.807) is 12.4 Å². The first kappa shape index (κ1) is 11.2. The van der Waals surface area contributed by atoms with Crippen LogP contribution in [0.2, 0.25) is 0 Å². The number of hydrogen-bond donors (Lipinski definition) is 3. The van der Waals surface area contributed by atoms with Crippen molar-refractivity contribution in [3.05, 3.63) is 28.5 Å². The molecule has 7 heteroatoms. The maximum Gasteiger partial charge on any atom is 0.215 e. The van der Waals surface area contributed by atoms with Gasteiger partial charge in [-0.25, -0.2) is 0 Å². The van der Waals surface area contributed by atoms with Gasteiger partial charge in [-0.2, -0.15) is 9.78 Å². The minimum absolute atomic E-state index is 0.0881. The zero-order valence-electron chi connectivity index (χ0n) is 9.44. The van der Waals surface area contributed by atoms with Gasteiger partial charge in [-0.1, -0.05) is 0 Å². The van der Waals surface area contributed by atoms with Crippen molar-refractivity contribution in [1.82, 2.24) is 14.8 Å². The quantitative estimate of drug-likeness (QED) is 0.549. The third-order valence-corrected chi connectivity index (χ3v) is 3.29. The number of aromatic nitrogens is 3. The number of pyridine rings is 1. The van der Waals surface area contributed by atoms with Crippen molar-refractivity contribution in [1.29, 1.82) is 5.41 Å². The lowest BCUT2D eigenvalue weighted by Gasteiger charge is -2.02. The molecule has 1 aliphatic heterocycles. The molecule has 92 valence electrons. The summed E-state index contributed by atoms with van der Waals surface area (Å²) in [6.07, 6.45) is 4.37. The fraction of sp³-hybridized carbons (Fsp3) is 0.182. The van der Waals surface area contributed by atoms with Crippen LogP contribution < -0.4 is 11.1 Å². The molecule has 18 heavy (non-hydrogen) atoms. The zero-order chi connectivity index (χ0) is 12.7. The average Bonchev–Trinajstić information content (AvgIpc) is 2.88. The van der Waals surface area contributed by atoms with Crippen molar-refractivity contribution >= 4 is 27.7 Å². The van der Waals surface area contributed by atoms with Crippen LogP contribution >= 0.6 is 15.9 Å². The Labute approximate surface area is 112 Å². The second-order valence-corrected chi connectivity index (χ2v) is 4.96. The smallest absolute Gasteiger partial charge is 0.215 e. The summed E-state index contributed by atoms with van der Waals surface area (Å²) in [6, 6.07) is 1.96. The second kappa shape index (κ2) is 4.09. The fourth-order valence-electron chi connectivity index (χ4n) is 2.12. The standard InChI is InChI=1S/C11H11BrN6/c12-7-3-6(4-15-5-7)9-8-1-2-16-10(8)18(17-9)11(13)14/h3-5,16H,1-2H2,(H3,13,14). The van der Waals surface area contributed by atoms with Crippen LogP contribution in [0.15, 0.2) is 22.9 Å². The number of nitrogens with two attached hydrogens (primary N) is 1. The fourth-order valence-corrected chi connectivity index (χ4v) is 2.49. The number of nitrogens with one attached hydrogen (secondary N) is 2. The predicted octanol–water partition coefficient (Wildman–Crippen LogP) is 1.42. The van der Waals surface area contributed by atoms with E-state index in [1.165, 1.54) is 4.68 Å². The SMILES string of the molecule is N=C(N)n1nc(-c2cncc(Br)c2)c2c1NCC2. The number of nitrogens with zero attached hydrogens (tertiary/aromatic N) is 3. The maximum atomic E-state index is 7.54. The number of rotatable bonds is 1. The topological polar surface area (TPSA) is 92.6 Å². The molecule has 0 radical (unpaired) electrons. The minimum Gasteiger partial charge on any atom is -0.369 e. The van der Waals surface area contributed by atoms with Gasteiger partial charge in [0.2, 0.25) is 5.96 Å². The van der Waals surface area contributed by atoms with Gasteiger partial charge in [0.05, 0.1) is 5.69 Å². The first-order valence-electron chi connectivity index (χ1n) is 5.48. The molecular weight excluding hydrogens is 296 g/mol. The summed E-state index contributed by atoms with van der Waals surface area (Å²) < 4.78 is 2.33. The monoisotopic (exact) mass is 306 g/mol. The van der Waals surface area contributed by atoms with Crippen molar-refractivity contribution in [2.75, 3.05) is 11.9 Å². The van der Waals surface area contributed by atoms with Gasteiger partial charge in [-0.05, 0) is 28.4 Å². The highest BCUT2D eigenvalue weighted by Gasteiger charge is 2.24. The van der Waals surface area contributed by atoms with Crippen molar-refractivity contribution in [3.8, 4) is 11.3 Å². The van der Waals surface area contributed by atoms with E-state index >= 15 is 0 Å². The Morgan fingerprint density at radius 3 is 3.06 bits per heavy atom. The number of nitrogen functional groups attached to an aromatic ring is 1. The van der Waals surface area contributed by atoms with E-state index in [-0.39, 0.29) is 5.96 Å². The van der Waals surface area contributed by atoms with Gasteiger partial charge in [0.15, 0.2) is 0 Å². The molecule has 0 atom stereocenters. The van der Waals surface area contributed by atoms with Gasteiger partial charge in [0, 0.05) is 34.5 Å². The van der Waals surface area contributed by atoms with Crippen LogP contribution in [0.1, 0.15) is 5.56 Å². The van der Waals surface area contributed by atoms with Crippen LogP contribution in [0.25, 0.3) is 11.3 Å². The van der Waals surface area contributed by atoms with Crippen LogP contribution in [-0.4, -0.2) is 27.3 Å². The summed E-state index contributed by atoms with van der Waals surface area (Å²) in [5.41, 5.74) is 8.37. The molecule has 0 saturated heterocycles. The maximum absolute atomic E-state index is 7.54. The van der Waals surface area contributed by atoms with Gasteiger partial charge < -0.3 is 11.1 Å². The summed E-state index contributed by atoms with van der Waals surface area (Å²) in [6.45, 7) is 0.842. The van der Waals surface area contributed by atoms with E-state index in [0.717, 1.165) is 40.1 Å². The minimum atomic E-state index is -0.0881. The molecule has 0 saturated carbocycles. The highest BCUT2D eigenvalue weighted by molar-refractivity contribution is 9.10. The Balaban J connectivity index is 2.19. The second-order valence-electron chi connectivity index (χ2n) is 4.04. The van der Waals surface area contributed by atoms with Crippen molar-refractivity contribution < 1.29 is 0 Å². The van der Waals surface area contributed by atoms with Gasteiger partial charge in [0.25, 0.3) is 0 Å². The first-order valence-corrected chi connectivity index (χ1v) is 6.27. The molecule has 2 aromatic heterocycles. The number of halogens is 1. The molecule has 6 nitrogen and oxygen atoms in total. The molecule has 3 heterocycles. The third-order valence-electron chi connectivity index (χ3n) is 2.86. The van der Waals surface area contributed by atoms with E-state index in [1.807, 2.05) is 6.07 Å². The van der Waals surface area contributed by atoms with Gasteiger partial charge >= 0.3 is 0 Å². The van der Waals surface area contributed by atoms with Crippen LogP contribution in [0.4, 0.5) is 5.82 Å². The summed E-state index contributed by atoms with van der Waals surface area (Å²) in [5, 5.41) is 15.1. The van der Waals surface area contributed by atoms with E-state index in [9.17, 15) is 0 Å². The van der Waals surface area contributed by atoms with E-state index in [4.69, 9.17) is 11.1 Å². The van der Waals surface area contributed by atoms with Crippen molar-refractivity contribution in [2.45, 2.75) is 6.42 Å². The summed E-state index contributed by atoms with van der Waals surface area (Å²) in [7, 11) is 0. The molecule has 1 aliphatic rings. The largest absolute Gasteiger partial charge is 0.369 e. The Bertz CT molecular complexity index is 632. The molecule has 0 fully saturated rings. The van der Waals surface area contributed by atoms with E-state index in [0.29, 0.717) is 0 Å². The third kappa shape index (κ3) is 1.67. The lowest BCUT2D eigenvalue weighted by atomic mass is 10.1. The first-order chi connectivity index (χ1) is 8.66. The van der Waals surface area contributed by atoms with Crippen molar-refractivity contribution in [2.24, 2.45) is 5.73 Å². The Morgan fingerprint density at radius 1 is 1.50 bits per heavy atom. The summed E-state index contributed by atoms with van der Waals surface area (Å²) in [5.74, 6) is 0.729. The van der Waals surface area contributed by atoms with Crippen LogP contribution in [0, 0.1) is 5.41 Å². The highest BCUT2D eigenvalue weighted by Crippen LogP contribution is 2.32. The average molecular weight is 307 g/mol. The Morgan fingerprint density at radius 2 is 2.33 bits per heavy atom. The highest BCUT2D eigenvalue weighted by atomic mass is 79.9. The molecule has 0 aliphatic carbocycles. The van der Waals surface area contributed by atoms with Crippen LogP contribution in [0.3, 0.4) is 0 Å². The summed E-state index contributed by atoms with van der Waals surface area (Å²) in [4.78, 5) is 4.14. The molecule has 0 aromatic carbocycles. The number of hydrogen-bond acceptors (Lipinski definition) is 4. The van der Waals surface area contributed by atoms with Gasteiger partial charge in [0.1, 0.15) is 5.82 Å². The molecule has 2 aromatic rings. The Kier molecular flexibility index (Phi) is 2.55. The van der Waals surface area contributed by atoms with Crippen LogP contribution in [0.5, 0.6) is 0 Å². The molecular formula is C11H11BrN6. The van der Waals surface area contributed by atoms with Gasteiger partial charge in [-0.15, -0.1) is 0 Å². The molecule has 0 amide bonds. The van der Waals surface area contributed by atoms with Crippen molar-refractivity contribution in [3.63, 3.8) is 0 Å². The molecule has 0 unspecified atom stereocenters. The van der Waals surface area contributed by atoms with Crippen LogP contribution in [-0.2, 0) is 6.42 Å². The molecule has 3 rings (SSSR count). The van der Waals surface area contributed by atoms with E-state index in [2.05, 4.69) is 31.3 Å². The predicted molar refractivity (Wildman–Crippen MR) is 72.7 cm³/mol. The lowest BCUT2D eigenvalue weighted by Crippen LogP contribution is -2.23. The molecule has 4 N–H and O–H groups in total. The van der Waals surface area contributed by atoms with Gasteiger partial charge in [-0.3, -0.25) is 10.4 Å². The normalized spacial score (nSPS) is 13.2. The number of anilines is 1. The zero-order valence-corrected chi connectivity index (χ0v) is 11.0. The molecule has 0 bridgehead atoms. The number of fused-ring (bicyclic) bond motifs is 1. The molecule has 0 spiro atoms.